The van der Waals surface area contributed by atoms with Crippen LogP contribution in [-0.2, 0) is 10.2 Å². The van der Waals surface area contributed by atoms with E-state index in [1.165, 1.54) is 17.7 Å². The maximum absolute atomic E-state index is 6.01. The Hall–Kier alpha value is -0.0900. The molecule has 0 saturated carbocycles. The van der Waals surface area contributed by atoms with Crippen molar-refractivity contribution in [1.29, 1.82) is 0 Å². The molecule has 2 nitrogen and oxygen atoms in total. The largest absolute Gasteiger partial charge is 0.379 e. The first kappa shape index (κ1) is 10.1. The van der Waals surface area contributed by atoms with E-state index >= 15 is 0 Å². The highest BCUT2D eigenvalue weighted by Gasteiger charge is 2.48. The molecule has 82 valence electrons. The summed E-state index contributed by atoms with van der Waals surface area (Å²) in [6.45, 7) is 2.84. The molecule has 0 bridgehead atoms. The third-order valence-corrected chi connectivity index (χ3v) is 4.96. The molecule has 0 spiro atoms. The van der Waals surface area contributed by atoms with Gasteiger partial charge in [0, 0.05) is 10.9 Å². The zero-order valence-electron chi connectivity index (χ0n) is 8.46. The predicted octanol–water partition coefficient (Wildman–Crippen LogP) is 2.42. The molecule has 0 amide bonds. The summed E-state index contributed by atoms with van der Waals surface area (Å²) in [4.78, 5) is 1.39. The van der Waals surface area contributed by atoms with E-state index in [1.807, 2.05) is 6.07 Å². The van der Waals surface area contributed by atoms with Crippen LogP contribution in [0.2, 0.25) is 4.34 Å². The highest BCUT2D eigenvalue weighted by atomic mass is 35.5. The molecule has 2 saturated heterocycles. The standard InChI is InChI=1S/C11H14ClNOS/c12-10-4-3-9(15-10)11(6-14-7-11)8-2-1-5-13-8/h3-4,8,13H,1-2,5-7H2. The number of halogens is 1. The average Bonchev–Trinajstić information content (AvgIpc) is 2.75. The number of hydrogen-bond acceptors (Lipinski definition) is 3. The molecule has 15 heavy (non-hydrogen) atoms. The lowest BCUT2D eigenvalue weighted by atomic mass is 9.76. The van der Waals surface area contributed by atoms with Gasteiger partial charge in [0.05, 0.1) is 23.0 Å². The molecule has 0 aliphatic carbocycles. The van der Waals surface area contributed by atoms with Gasteiger partial charge < -0.3 is 10.1 Å². The Morgan fingerprint density at radius 1 is 1.47 bits per heavy atom. The average molecular weight is 244 g/mol. The van der Waals surface area contributed by atoms with Gasteiger partial charge >= 0.3 is 0 Å². The SMILES string of the molecule is Clc1ccc(C2(C3CCCN3)COC2)s1. The van der Waals surface area contributed by atoms with E-state index in [0.29, 0.717) is 6.04 Å². The normalized spacial score (nSPS) is 29.0. The third-order valence-electron chi connectivity index (χ3n) is 3.51. The number of hydrogen-bond donors (Lipinski definition) is 1. The molecule has 0 aromatic carbocycles. The zero-order valence-corrected chi connectivity index (χ0v) is 10.0. The molecule has 3 heterocycles. The molecule has 3 rings (SSSR count). The molecule has 0 radical (unpaired) electrons. The van der Waals surface area contributed by atoms with Crippen LogP contribution in [0.4, 0.5) is 0 Å². The summed E-state index contributed by atoms with van der Waals surface area (Å²) in [7, 11) is 0. The first-order valence-corrected chi connectivity index (χ1v) is 6.58. The van der Waals surface area contributed by atoms with Gasteiger partial charge in [0.15, 0.2) is 0 Å². The summed E-state index contributed by atoms with van der Waals surface area (Å²) in [5.74, 6) is 0. The predicted molar refractivity (Wildman–Crippen MR) is 62.9 cm³/mol. The fourth-order valence-corrected chi connectivity index (χ4v) is 3.83. The molecule has 1 unspecified atom stereocenters. The summed E-state index contributed by atoms with van der Waals surface area (Å²) < 4.78 is 6.32. The summed E-state index contributed by atoms with van der Waals surface area (Å²) >= 11 is 7.71. The monoisotopic (exact) mass is 243 g/mol. The molecule has 2 fully saturated rings. The van der Waals surface area contributed by atoms with Gasteiger partial charge in [-0.3, -0.25) is 0 Å². The van der Waals surface area contributed by atoms with Crippen LogP contribution >= 0.6 is 22.9 Å². The Bertz CT molecular complexity index is 355. The van der Waals surface area contributed by atoms with Crippen LogP contribution in [0.25, 0.3) is 0 Å². The zero-order chi connectivity index (χ0) is 10.3. The van der Waals surface area contributed by atoms with Gasteiger partial charge in [0.2, 0.25) is 0 Å². The summed E-state index contributed by atoms with van der Waals surface area (Å²) in [6, 6.07) is 4.74. The lowest BCUT2D eigenvalue weighted by Crippen LogP contribution is -2.58. The van der Waals surface area contributed by atoms with Crippen molar-refractivity contribution in [3.63, 3.8) is 0 Å². The minimum Gasteiger partial charge on any atom is -0.379 e. The first-order chi connectivity index (χ1) is 7.31. The summed E-state index contributed by atoms with van der Waals surface area (Å²) in [5.41, 5.74) is 0.217. The molecule has 1 aromatic rings. The van der Waals surface area contributed by atoms with Gasteiger partial charge in [-0.1, -0.05) is 11.6 Å². The Morgan fingerprint density at radius 3 is 2.80 bits per heavy atom. The minimum absolute atomic E-state index is 0.217. The van der Waals surface area contributed by atoms with E-state index < -0.39 is 0 Å². The van der Waals surface area contributed by atoms with Gasteiger partial charge in [-0.15, -0.1) is 11.3 Å². The molecule has 1 atom stereocenters. The van der Waals surface area contributed by atoms with Gasteiger partial charge in [-0.05, 0) is 31.5 Å². The van der Waals surface area contributed by atoms with Crippen LogP contribution in [0, 0.1) is 0 Å². The van der Waals surface area contributed by atoms with Crippen molar-refractivity contribution in [2.45, 2.75) is 24.3 Å². The first-order valence-electron chi connectivity index (χ1n) is 5.38. The third kappa shape index (κ3) is 1.53. The fraction of sp³-hybridized carbons (Fsp3) is 0.636. The van der Waals surface area contributed by atoms with E-state index in [-0.39, 0.29) is 5.41 Å². The van der Waals surface area contributed by atoms with Gasteiger partial charge in [0.25, 0.3) is 0 Å². The van der Waals surface area contributed by atoms with Crippen LogP contribution in [0.5, 0.6) is 0 Å². The van der Waals surface area contributed by atoms with Crippen LogP contribution < -0.4 is 5.32 Å². The lowest BCUT2D eigenvalue weighted by Gasteiger charge is -2.45. The maximum Gasteiger partial charge on any atom is 0.0931 e. The van der Waals surface area contributed by atoms with Crippen LogP contribution in [0.3, 0.4) is 0 Å². The summed E-state index contributed by atoms with van der Waals surface area (Å²) in [5, 5.41) is 3.59. The molecular weight excluding hydrogens is 230 g/mol. The van der Waals surface area contributed by atoms with E-state index in [9.17, 15) is 0 Å². The van der Waals surface area contributed by atoms with Gasteiger partial charge in [-0.25, -0.2) is 0 Å². The Balaban J connectivity index is 1.91. The molecule has 4 heteroatoms. The Labute approximate surface area is 98.6 Å². The van der Waals surface area contributed by atoms with Crippen molar-refractivity contribution >= 4 is 22.9 Å². The highest BCUT2D eigenvalue weighted by Crippen LogP contribution is 2.42. The Morgan fingerprint density at radius 2 is 2.33 bits per heavy atom. The van der Waals surface area contributed by atoms with Gasteiger partial charge in [-0.2, -0.15) is 0 Å². The van der Waals surface area contributed by atoms with E-state index in [2.05, 4.69) is 11.4 Å². The van der Waals surface area contributed by atoms with E-state index in [1.54, 1.807) is 11.3 Å². The van der Waals surface area contributed by atoms with Crippen molar-refractivity contribution in [3.8, 4) is 0 Å². The second-order valence-corrected chi connectivity index (χ2v) is 6.12. The van der Waals surface area contributed by atoms with Gasteiger partial charge in [0.1, 0.15) is 0 Å². The Kier molecular flexibility index (Phi) is 2.51. The van der Waals surface area contributed by atoms with Crippen molar-refractivity contribution in [1.82, 2.24) is 5.32 Å². The smallest absolute Gasteiger partial charge is 0.0931 e. The second kappa shape index (κ2) is 3.74. The number of rotatable bonds is 2. The number of nitrogens with one attached hydrogen (secondary N) is 1. The van der Waals surface area contributed by atoms with E-state index in [0.717, 1.165) is 24.1 Å². The topological polar surface area (TPSA) is 21.3 Å². The van der Waals surface area contributed by atoms with Crippen molar-refractivity contribution in [3.05, 3.63) is 21.3 Å². The lowest BCUT2D eigenvalue weighted by molar-refractivity contribution is -0.0741. The van der Waals surface area contributed by atoms with Crippen LogP contribution in [0.1, 0.15) is 17.7 Å². The highest BCUT2D eigenvalue weighted by molar-refractivity contribution is 7.16. The van der Waals surface area contributed by atoms with E-state index in [4.69, 9.17) is 16.3 Å². The van der Waals surface area contributed by atoms with Crippen molar-refractivity contribution in [2.75, 3.05) is 19.8 Å². The van der Waals surface area contributed by atoms with Crippen LogP contribution in [0.15, 0.2) is 12.1 Å². The number of thiophene rings is 1. The summed E-state index contributed by atoms with van der Waals surface area (Å²) in [6.07, 6.45) is 2.55. The minimum atomic E-state index is 0.217. The molecule has 2 aliphatic heterocycles. The fourth-order valence-electron chi connectivity index (χ4n) is 2.58. The molecule has 1 N–H and O–H groups in total. The number of ether oxygens (including phenoxy) is 1. The second-order valence-electron chi connectivity index (χ2n) is 4.40. The molecule has 2 aliphatic rings. The molecule has 1 aromatic heterocycles. The quantitative estimate of drug-likeness (QED) is 0.862. The van der Waals surface area contributed by atoms with Crippen LogP contribution in [-0.4, -0.2) is 25.8 Å². The van der Waals surface area contributed by atoms with Crippen molar-refractivity contribution in [2.24, 2.45) is 0 Å². The molecular formula is C11H14ClNOS. The van der Waals surface area contributed by atoms with Crippen molar-refractivity contribution < 1.29 is 4.74 Å². The maximum atomic E-state index is 6.01.